The third kappa shape index (κ3) is 5.28. The molecule has 0 bridgehead atoms. The molecule has 0 saturated carbocycles. The predicted molar refractivity (Wildman–Crippen MR) is 134 cm³/mol. The van der Waals surface area contributed by atoms with Crippen LogP contribution in [0.2, 0.25) is 0 Å². The van der Waals surface area contributed by atoms with E-state index >= 15 is 0 Å². The van der Waals surface area contributed by atoms with Gasteiger partial charge in [0.05, 0.1) is 0 Å². The van der Waals surface area contributed by atoms with Crippen LogP contribution in [0.15, 0.2) is 33.0 Å². The standard InChI is InChI=1S/C25H32N4O2S2/c1-17-9-12-28(13-10-17)14-19-6-5-11-29(15-19)24(30)23-21(16-32-25-27-26-18(2)33-25)20-7-3-4-8-22(20)31-23/h3-4,7-8,17,19H,5-6,9-16H2,1-2H3. The molecule has 2 aliphatic heterocycles. The van der Waals surface area contributed by atoms with Gasteiger partial charge in [-0.1, -0.05) is 48.2 Å². The van der Waals surface area contributed by atoms with E-state index < -0.39 is 0 Å². The van der Waals surface area contributed by atoms with E-state index in [9.17, 15) is 4.79 Å². The Morgan fingerprint density at radius 2 is 2.00 bits per heavy atom. The number of fused-ring (bicyclic) bond motifs is 1. The van der Waals surface area contributed by atoms with Gasteiger partial charge >= 0.3 is 0 Å². The van der Waals surface area contributed by atoms with Crippen LogP contribution in [-0.2, 0) is 5.75 Å². The predicted octanol–water partition coefficient (Wildman–Crippen LogP) is 5.47. The van der Waals surface area contributed by atoms with Crippen molar-refractivity contribution in [2.24, 2.45) is 11.8 Å². The van der Waals surface area contributed by atoms with Crippen LogP contribution in [0, 0.1) is 18.8 Å². The van der Waals surface area contributed by atoms with E-state index in [0.717, 1.165) is 57.9 Å². The summed E-state index contributed by atoms with van der Waals surface area (Å²) in [4.78, 5) is 18.3. The van der Waals surface area contributed by atoms with Crippen LogP contribution < -0.4 is 0 Å². The van der Waals surface area contributed by atoms with Crippen LogP contribution in [0.4, 0.5) is 0 Å². The molecule has 0 N–H and O–H groups in total. The number of piperidine rings is 2. The van der Waals surface area contributed by atoms with Gasteiger partial charge in [0.1, 0.15) is 10.6 Å². The molecule has 6 nitrogen and oxygen atoms in total. The number of aryl methyl sites for hydroxylation is 1. The molecule has 0 aliphatic carbocycles. The maximum Gasteiger partial charge on any atom is 0.289 e. The van der Waals surface area contributed by atoms with Gasteiger partial charge in [-0.2, -0.15) is 0 Å². The van der Waals surface area contributed by atoms with Gasteiger partial charge in [-0.15, -0.1) is 10.2 Å². The van der Waals surface area contributed by atoms with Gasteiger partial charge < -0.3 is 14.2 Å². The van der Waals surface area contributed by atoms with Crippen LogP contribution in [0.3, 0.4) is 0 Å². The minimum absolute atomic E-state index is 0.0345. The van der Waals surface area contributed by atoms with E-state index in [2.05, 4.69) is 22.0 Å². The van der Waals surface area contributed by atoms with Crippen molar-refractivity contribution in [1.82, 2.24) is 20.0 Å². The molecule has 2 aliphatic rings. The number of rotatable bonds is 6. The number of aromatic nitrogens is 2. The van der Waals surface area contributed by atoms with E-state index in [1.165, 1.54) is 32.4 Å². The Bertz CT molecular complexity index is 1100. The topological polar surface area (TPSA) is 62.5 Å². The third-order valence-corrected chi connectivity index (χ3v) is 8.94. The Balaban J connectivity index is 1.31. The average Bonchev–Trinajstić information content (AvgIpc) is 3.42. The molecule has 4 heterocycles. The number of likely N-dealkylation sites (tertiary alicyclic amines) is 2. The van der Waals surface area contributed by atoms with Crippen molar-refractivity contribution >= 4 is 40.0 Å². The Morgan fingerprint density at radius 1 is 1.18 bits per heavy atom. The minimum Gasteiger partial charge on any atom is -0.451 e. The summed E-state index contributed by atoms with van der Waals surface area (Å²) in [5.41, 5.74) is 1.75. The SMILES string of the molecule is Cc1nnc(SCc2c(C(=O)N3CCCC(CN4CCC(C)CC4)C3)oc3ccccc23)s1. The summed E-state index contributed by atoms with van der Waals surface area (Å²) >= 11 is 3.21. The Morgan fingerprint density at radius 3 is 2.79 bits per heavy atom. The van der Waals surface area contributed by atoms with Crippen molar-refractivity contribution in [2.45, 2.75) is 49.6 Å². The molecule has 1 amide bonds. The highest BCUT2D eigenvalue weighted by atomic mass is 32.2. The molecule has 1 aromatic carbocycles. The van der Waals surface area contributed by atoms with Crippen molar-refractivity contribution in [3.05, 3.63) is 40.6 Å². The molecule has 1 atom stereocenters. The number of amides is 1. The number of carbonyl (C=O) groups is 1. The Labute approximate surface area is 203 Å². The normalized spacial score (nSPS) is 20.5. The van der Waals surface area contributed by atoms with Gasteiger partial charge in [0.25, 0.3) is 5.91 Å². The van der Waals surface area contributed by atoms with E-state index in [1.807, 2.05) is 36.1 Å². The fourth-order valence-electron chi connectivity index (χ4n) is 5.04. The van der Waals surface area contributed by atoms with E-state index in [0.29, 0.717) is 17.4 Å². The number of hydrogen-bond donors (Lipinski definition) is 0. The molecule has 2 fully saturated rings. The summed E-state index contributed by atoms with van der Waals surface area (Å²) < 4.78 is 7.08. The van der Waals surface area contributed by atoms with Crippen molar-refractivity contribution in [3.63, 3.8) is 0 Å². The average molecular weight is 485 g/mol. The summed E-state index contributed by atoms with van der Waals surface area (Å²) in [6.07, 6.45) is 4.86. The summed E-state index contributed by atoms with van der Waals surface area (Å²) in [5, 5.41) is 10.3. The maximum absolute atomic E-state index is 13.7. The quantitative estimate of drug-likeness (QED) is 0.433. The van der Waals surface area contributed by atoms with Crippen molar-refractivity contribution in [1.29, 1.82) is 0 Å². The monoisotopic (exact) mass is 484 g/mol. The van der Waals surface area contributed by atoms with Crippen LogP contribution in [0.1, 0.15) is 53.7 Å². The first-order chi connectivity index (χ1) is 16.1. The summed E-state index contributed by atoms with van der Waals surface area (Å²) in [6, 6.07) is 7.96. The molecule has 5 rings (SSSR count). The highest BCUT2D eigenvalue weighted by molar-refractivity contribution is 8.00. The third-order valence-electron chi connectivity index (χ3n) is 6.94. The summed E-state index contributed by atoms with van der Waals surface area (Å²) in [7, 11) is 0. The second-order valence-corrected chi connectivity index (χ2v) is 11.9. The lowest BCUT2D eigenvalue weighted by molar-refractivity contribution is 0.0593. The first-order valence-corrected chi connectivity index (χ1v) is 13.8. The van der Waals surface area contributed by atoms with Crippen LogP contribution in [-0.4, -0.2) is 58.6 Å². The Hall–Kier alpha value is -1.90. The molecule has 8 heteroatoms. The molecule has 1 unspecified atom stereocenters. The smallest absolute Gasteiger partial charge is 0.289 e. The first-order valence-electron chi connectivity index (χ1n) is 12.0. The molecule has 0 radical (unpaired) electrons. The first kappa shape index (κ1) is 22.9. The number of hydrogen-bond acceptors (Lipinski definition) is 7. The fourth-order valence-corrected chi connectivity index (χ4v) is 6.88. The molecule has 33 heavy (non-hydrogen) atoms. The highest BCUT2D eigenvalue weighted by Gasteiger charge is 2.30. The van der Waals surface area contributed by atoms with Gasteiger partial charge in [-0.3, -0.25) is 4.79 Å². The van der Waals surface area contributed by atoms with E-state index in [1.54, 1.807) is 23.1 Å². The molecular formula is C25H32N4O2S2. The Kier molecular flexibility index (Phi) is 7.04. The summed E-state index contributed by atoms with van der Waals surface area (Å²) in [5.74, 6) is 2.57. The van der Waals surface area contributed by atoms with Crippen molar-refractivity contribution < 1.29 is 9.21 Å². The lowest BCUT2D eigenvalue weighted by Crippen LogP contribution is -2.45. The van der Waals surface area contributed by atoms with Gasteiger partial charge in [0.15, 0.2) is 10.1 Å². The molecule has 0 spiro atoms. The van der Waals surface area contributed by atoms with Crippen LogP contribution >= 0.6 is 23.1 Å². The highest BCUT2D eigenvalue weighted by Crippen LogP contribution is 2.34. The fraction of sp³-hybridized carbons (Fsp3) is 0.560. The number of carbonyl (C=O) groups excluding carboxylic acids is 1. The van der Waals surface area contributed by atoms with Gasteiger partial charge in [0.2, 0.25) is 0 Å². The molecule has 176 valence electrons. The van der Waals surface area contributed by atoms with E-state index in [-0.39, 0.29) is 5.91 Å². The number of benzene rings is 1. The maximum atomic E-state index is 13.7. The lowest BCUT2D eigenvalue weighted by Gasteiger charge is -2.37. The largest absolute Gasteiger partial charge is 0.451 e. The van der Waals surface area contributed by atoms with Crippen molar-refractivity contribution in [3.8, 4) is 0 Å². The number of nitrogens with zero attached hydrogens (tertiary/aromatic N) is 4. The van der Waals surface area contributed by atoms with Gasteiger partial charge in [-0.05, 0) is 63.6 Å². The second kappa shape index (κ2) is 10.2. The number of furan rings is 1. The lowest BCUT2D eigenvalue weighted by atomic mass is 9.94. The summed E-state index contributed by atoms with van der Waals surface area (Å²) in [6.45, 7) is 9.45. The van der Waals surface area contributed by atoms with Gasteiger partial charge in [0, 0.05) is 36.3 Å². The van der Waals surface area contributed by atoms with Crippen LogP contribution in [0.5, 0.6) is 0 Å². The zero-order valence-corrected chi connectivity index (χ0v) is 21.1. The molecule has 2 aromatic heterocycles. The van der Waals surface area contributed by atoms with Crippen molar-refractivity contribution in [2.75, 3.05) is 32.7 Å². The second-order valence-electron chi connectivity index (χ2n) is 9.52. The zero-order chi connectivity index (χ0) is 22.8. The van der Waals surface area contributed by atoms with Crippen LogP contribution in [0.25, 0.3) is 11.0 Å². The molecule has 2 saturated heterocycles. The molecular weight excluding hydrogens is 452 g/mol. The molecule has 3 aromatic rings. The number of thioether (sulfide) groups is 1. The zero-order valence-electron chi connectivity index (χ0n) is 19.5. The minimum atomic E-state index is 0.0345. The number of para-hydroxylation sites is 1. The van der Waals surface area contributed by atoms with Gasteiger partial charge in [-0.25, -0.2) is 0 Å². The van der Waals surface area contributed by atoms with E-state index in [4.69, 9.17) is 4.42 Å².